The molecular formula is C15H21NS. The quantitative estimate of drug-likeness (QED) is 0.446. The van der Waals surface area contributed by atoms with Crippen LogP contribution in [0.15, 0.2) is 29.2 Å². The van der Waals surface area contributed by atoms with E-state index in [0.29, 0.717) is 6.04 Å². The highest BCUT2D eigenvalue weighted by molar-refractivity contribution is 7.99. The zero-order valence-corrected chi connectivity index (χ0v) is 11.5. The molecule has 0 aliphatic carbocycles. The lowest BCUT2D eigenvalue weighted by Gasteiger charge is -2.12. The van der Waals surface area contributed by atoms with Gasteiger partial charge in [-0.05, 0) is 43.3 Å². The van der Waals surface area contributed by atoms with E-state index in [9.17, 15) is 0 Å². The average molecular weight is 247 g/mol. The van der Waals surface area contributed by atoms with Crippen LogP contribution in [0.2, 0.25) is 0 Å². The maximum Gasteiger partial charge on any atom is 0.0291 e. The second-order valence-corrected chi connectivity index (χ2v) is 5.17. The summed E-state index contributed by atoms with van der Waals surface area (Å²) in [5, 5.41) is 3.41. The molecule has 1 N–H and O–H groups in total. The van der Waals surface area contributed by atoms with E-state index >= 15 is 0 Å². The molecule has 92 valence electrons. The molecule has 0 aliphatic heterocycles. The Morgan fingerprint density at radius 1 is 1.35 bits per heavy atom. The lowest BCUT2D eigenvalue weighted by molar-refractivity contribution is 0.598. The molecule has 2 heteroatoms. The molecule has 0 fully saturated rings. The largest absolute Gasteiger partial charge is 0.310 e. The highest BCUT2D eigenvalue weighted by Crippen LogP contribution is 2.21. The molecule has 0 heterocycles. The molecule has 17 heavy (non-hydrogen) atoms. The molecule has 1 rings (SSSR count). The predicted molar refractivity (Wildman–Crippen MR) is 77.3 cm³/mol. The maximum atomic E-state index is 5.22. The van der Waals surface area contributed by atoms with Gasteiger partial charge in [0.25, 0.3) is 0 Å². The van der Waals surface area contributed by atoms with Crippen molar-refractivity contribution >= 4 is 11.8 Å². The molecule has 0 saturated heterocycles. The van der Waals surface area contributed by atoms with Gasteiger partial charge in [0.2, 0.25) is 0 Å². The SMILES string of the molecule is C#CCCCSc1ccc(C(C)NCC)cc1. The third-order valence-corrected chi connectivity index (χ3v) is 3.72. The third-order valence-electron chi connectivity index (χ3n) is 2.62. The molecule has 1 aromatic carbocycles. The Labute approximate surface area is 109 Å². The maximum absolute atomic E-state index is 5.22. The van der Waals surface area contributed by atoms with Gasteiger partial charge in [0.1, 0.15) is 0 Å². The van der Waals surface area contributed by atoms with E-state index in [4.69, 9.17) is 6.42 Å². The van der Waals surface area contributed by atoms with Crippen LogP contribution in [0, 0.1) is 12.3 Å². The van der Waals surface area contributed by atoms with Crippen LogP contribution in [0.4, 0.5) is 0 Å². The van der Waals surface area contributed by atoms with Crippen LogP contribution in [-0.2, 0) is 0 Å². The Bertz CT molecular complexity index is 350. The van der Waals surface area contributed by atoms with E-state index in [1.54, 1.807) is 0 Å². The van der Waals surface area contributed by atoms with E-state index in [2.05, 4.69) is 49.4 Å². The summed E-state index contributed by atoms with van der Waals surface area (Å²) in [4.78, 5) is 1.33. The first-order chi connectivity index (χ1) is 8.27. The molecule has 0 saturated carbocycles. The molecule has 0 radical (unpaired) electrons. The molecule has 0 aliphatic rings. The van der Waals surface area contributed by atoms with Crippen molar-refractivity contribution in [2.75, 3.05) is 12.3 Å². The Kier molecular flexibility index (Phi) is 6.84. The van der Waals surface area contributed by atoms with Gasteiger partial charge in [-0.15, -0.1) is 24.1 Å². The van der Waals surface area contributed by atoms with Gasteiger partial charge in [-0.25, -0.2) is 0 Å². The first-order valence-corrected chi connectivity index (χ1v) is 7.16. The molecule has 1 atom stereocenters. The van der Waals surface area contributed by atoms with E-state index < -0.39 is 0 Å². The van der Waals surface area contributed by atoms with Crippen LogP contribution in [0.25, 0.3) is 0 Å². The van der Waals surface area contributed by atoms with Crippen LogP contribution < -0.4 is 5.32 Å². The molecule has 0 amide bonds. The van der Waals surface area contributed by atoms with Crippen LogP contribution in [0.1, 0.15) is 38.3 Å². The number of hydrogen-bond acceptors (Lipinski definition) is 2. The monoisotopic (exact) mass is 247 g/mol. The van der Waals surface area contributed by atoms with Crippen molar-refractivity contribution in [2.45, 2.75) is 37.6 Å². The van der Waals surface area contributed by atoms with E-state index in [-0.39, 0.29) is 0 Å². The zero-order chi connectivity index (χ0) is 12.5. The topological polar surface area (TPSA) is 12.0 Å². The second-order valence-electron chi connectivity index (χ2n) is 4.00. The van der Waals surface area contributed by atoms with Crippen LogP contribution in [-0.4, -0.2) is 12.3 Å². The number of nitrogens with one attached hydrogen (secondary N) is 1. The average Bonchev–Trinajstić information content (AvgIpc) is 2.36. The van der Waals surface area contributed by atoms with Crippen molar-refractivity contribution in [3.63, 3.8) is 0 Å². The van der Waals surface area contributed by atoms with Gasteiger partial charge in [-0.3, -0.25) is 0 Å². The number of rotatable bonds is 7. The predicted octanol–water partition coefficient (Wildman–Crippen LogP) is 3.86. The summed E-state index contributed by atoms with van der Waals surface area (Å²) in [5.41, 5.74) is 1.35. The Balaban J connectivity index is 2.42. The molecule has 0 spiro atoms. The summed E-state index contributed by atoms with van der Waals surface area (Å²) in [6.45, 7) is 5.33. The minimum Gasteiger partial charge on any atom is -0.310 e. The van der Waals surface area contributed by atoms with Gasteiger partial charge in [0.05, 0.1) is 0 Å². The fourth-order valence-electron chi connectivity index (χ4n) is 1.64. The number of benzene rings is 1. The summed E-state index contributed by atoms with van der Waals surface area (Å²) < 4.78 is 0. The van der Waals surface area contributed by atoms with Gasteiger partial charge in [0, 0.05) is 17.4 Å². The van der Waals surface area contributed by atoms with Crippen molar-refractivity contribution in [3.8, 4) is 12.3 Å². The lowest BCUT2D eigenvalue weighted by Crippen LogP contribution is -2.17. The van der Waals surface area contributed by atoms with Crippen LogP contribution in [0.3, 0.4) is 0 Å². The van der Waals surface area contributed by atoms with E-state index in [1.807, 2.05) is 11.8 Å². The minimum atomic E-state index is 0.431. The second kappa shape index (κ2) is 8.22. The Hall–Kier alpha value is -0.910. The summed E-state index contributed by atoms with van der Waals surface area (Å²) in [6, 6.07) is 9.24. The van der Waals surface area contributed by atoms with Crippen LogP contribution >= 0.6 is 11.8 Å². The van der Waals surface area contributed by atoms with Gasteiger partial charge in [-0.2, -0.15) is 0 Å². The Morgan fingerprint density at radius 2 is 2.06 bits per heavy atom. The summed E-state index contributed by atoms with van der Waals surface area (Å²) >= 11 is 1.88. The number of thioether (sulfide) groups is 1. The minimum absolute atomic E-state index is 0.431. The number of terminal acetylenes is 1. The van der Waals surface area contributed by atoms with E-state index in [1.165, 1.54) is 10.5 Å². The van der Waals surface area contributed by atoms with Crippen molar-refractivity contribution in [3.05, 3.63) is 29.8 Å². The highest BCUT2D eigenvalue weighted by atomic mass is 32.2. The molecular weight excluding hydrogens is 226 g/mol. The third kappa shape index (κ3) is 5.30. The number of unbranched alkanes of at least 4 members (excludes halogenated alkanes) is 1. The van der Waals surface area contributed by atoms with Gasteiger partial charge in [-0.1, -0.05) is 19.1 Å². The molecule has 0 aromatic heterocycles. The van der Waals surface area contributed by atoms with Crippen molar-refractivity contribution in [1.82, 2.24) is 5.32 Å². The number of hydrogen-bond donors (Lipinski definition) is 1. The molecule has 1 unspecified atom stereocenters. The zero-order valence-electron chi connectivity index (χ0n) is 10.7. The lowest BCUT2D eigenvalue weighted by atomic mass is 10.1. The van der Waals surface area contributed by atoms with Crippen LogP contribution in [0.5, 0.6) is 0 Å². The van der Waals surface area contributed by atoms with Crippen molar-refractivity contribution in [1.29, 1.82) is 0 Å². The Morgan fingerprint density at radius 3 is 2.65 bits per heavy atom. The first-order valence-electron chi connectivity index (χ1n) is 6.17. The van der Waals surface area contributed by atoms with Gasteiger partial charge in [0.15, 0.2) is 0 Å². The van der Waals surface area contributed by atoms with Gasteiger partial charge < -0.3 is 5.32 Å². The smallest absolute Gasteiger partial charge is 0.0291 e. The normalized spacial score (nSPS) is 12.1. The van der Waals surface area contributed by atoms with Gasteiger partial charge >= 0.3 is 0 Å². The molecule has 1 aromatic rings. The molecule has 0 bridgehead atoms. The summed E-state index contributed by atoms with van der Waals surface area (Å²) in [6.07, 6.45) is 7.19. The highest BCUT2D eigenvalue weighted by Gasteiger charge is 2.02. The standard InChI is InChI=1S/C15H21NS/c1-4-6-7-12-17-15-10-8-14(9-11-15)13(3)16-5-2/h1,8-11,13,16H,5-7,12H2,2-3H3. The first kappa shape index (κ1) is 14.2. The fourth-order valence-corrected chi connectivity index (χ4v) is 2.49. The summed E-state index contributed by atoms with van der Waals surface area (Å²) in [7, 11) is 0. The van der Waals surface area contributed by atoms with Crippen molar-refractivity contribution < 1.29 is 0 Å². The molecule has 1 nitrogen and oxygen atoms in total. The summed E-state index contributed by atoms with van der Waals surface area (Å²) in [5.74, 6) is 3.77. The fraction of sp³-hybridized carbons (Fsp3) is 0.467. The van der Waals surface area contributed by atoms with E-state index in [0.717, 1.165) is 25.1 Å². The van der Waals surface area contributed by atoms with Crippen molar-refractivity contribution in [2.24, 2.45) is 0 Å².